The van der Waals surface area contributed by atoms with Crippen LogP contribution in [0.4, 0.5) is 0 Å². The molecule has 1 heterocycles. The lowest BCUT2D eigenvalue weighted by atomic mass is 10.2. The zero-order valence-corrected chi connectivity index (χ0v) is 14.6. The lowest BCUT2D eigenvalue weighted by Gasteiger charge is -2.11. The molecule has 0 aliphatic rings. The van der Waals surface area contributed by atoms with E-state index in [2.05, 4.69) is 10.2 Å². The molecule has 0 radical (unpaired) electrons. The number of hydrogen-bond acceptors (Lipinski definition) is 7. The summed E-state index contributed by atoms with van der Waals surface area (Å²) in [6.45, 7) is 1.67. The predicted octanol–water partition coefficient (Wildman–Crippen LogP) is 3.67. The van der Waals surface area contributed by atoms with Crippen molar-refractivity contribution in [3.63, 3.8) is 0 Å². The topological polar surface area (TPSA) is 83.7 Å². The predicted molar refractivity (Wildman–Crippen MR) is 93.1 cm³/mol. The molecule has 0 amide bonds. The first-order valence-corrected chi connectivity index (χ1v) is 7.94. The number of carbonyl (C=O) groups excluding carboxylic acids is 1. The Morgan fingerprint density at radius 1 is 1.00 bits per heavy atom. The molecule has 0 unspecified atom stereocenters. The van der Waals surface area contributed by atoms with Crippen LogP contribution in [-0.2, 0) is 4.74 Å². The Bertz CT molecular complexity index is 892. The number of carbonyl (C=O) groups is 1. The van der Waals surface area contributed by atoms with E-state index >= 15 is 0 Å². The largest absolute Gasteiger partial charge is 0.493 e. The van der Waals surface area contributed by atoms with E-state index in [9.17, 15) is 4.79 Å². The molecule has 0 saturated carbocycles. The first-order valence-electron chi connectivity index (χ1n) is 7.94. The van der Waals surface area contributed by atoms with Crippen molar-refractivity contribution in [3.05, 3.63) is 60.0 Å². The van der Waals surface area contributed by atoms with E-state index in [-0.39, 0.29) is 5.89 Å². The molecular weight excluding hydrogens is 336 g/mol. The van der Waals surface area contributed by atoms with Crippen LogP contribution in [0.2, 0.25) is 0 Å². The maximum absolute atomic E-state index is 12.4. The molecule has 0 spiro atoms. The summed E-state index contributed by atoms with van der Waals surface area (Å²) >= 11 is 0. The summed E-state index contributed by atoms with van der Waals surface area (Å²) in [6, 6.07) is 14.2. The Labute approximate surface area is 150 Å². The summed E-state index contributed by atoms with van der Waals surface area (Å²) in [5.41, 5.74) is 1.13. The highest BCUT2D eigenvalue weighted by Gasteiger charge is 2.21. The fourth-order valence-corrected chi connectivity index (χ4v) is 2.34. The van der Waals surface area contributed by atoms with Gasteiger partial charge in [-0.3, -0.25) is 0 Å². The highest BCUT2D eigenvalue weighted by molar-refractivity contribution is 5.90. The van der Waals surface area contributed by atoms with Gasteiger partial charge in [-0.2, -0.15) is 0 Å². The zero-order valence-electron chi connectivity index (χ0n) is 14.6. The summed E-state index contributed by atoms with van der Waals surface area (Å²) in [6.07, 6.45) is -0.694. The SMILES string of the molecule is COc1ccc(C(=O)O[C@@H](C)c2nnc(-c3ccccc3)o2)cc1OC. The van der Waals surface area contributed by atoms with Crippen LogP contribution in [0.25, 0.3) is 11.5 Å². The van der Waals surface area contributed by atoms with Crippen molar-refractivity contribution in [2.75, 3.05) is 14.2 Å². The highest BCUT2D eigenvalue weighted by atomic mass is 16.6. The van der Waals surface area contributed by atoms with Crippen molar-refractivity contribution in [2.24, 2.45) is 0 Å². The molecule has 1 aromatic heterocycles. The van der Waals surface area contributed by atoms with E-state index < -0.39 is 12.1 Å². The number of nitrogens with zero attached hydrogens (tertiary/aromatic N) is 2. The fraction of sp³-hybridized carbons (Fsp3) is 0.211. The summed E-state index contributed by atoms with van der Waals surface area (Å²) in [7, 11) is 3.02. The van der Waals surface area contributed by atoms with Crippen LogP contribution in [-0.4, -0.2) is 30.4 Å². The summed E-state index contributed by atoms with van der Waals surface area (Å²) in [5, 5.41) is 7.95. The minimum absolute atomic E-state index is 0.220. The molecule has 0 bridgehead atoms. The molecule has 3 aromatic rings. The maximum Gasteiger partial charge on any atom is 0.339 e. The average Bonchev–Trinajstić information content (AvgIpc) is 3.18. The molecule has 1 atom stereocenters. The number of benzene rings is 2. The monoisotopic (exact) mass is 354 g/mol. The Hall–Kier alpha value is -3.35. The maximum atomic E-state index is 12.4. The van der Waals surface area contributed by atoms with E-state index in [0.717, 1.165) is 5.56 Å². The lowest BCUT2D eigenvalue weighted by molar-refractivity contribution is 0.0279. The first-order chi connectivity index (χ1) is 12.6. The molecule has 7 nitrogen and oxygen atoms in total. The van der Waals surface area contributed by atoms with Crippen molar-refractivity contribution in [1.82, 2.24) is 10.2 Å². The Morgan fingerprint density at radius 2 is 1.73 bits per heavy atom. The summed E-state index contributed by atoms with van der Waals surface area (Å²) in [4.78, 5) is 12.4. The third-order valence-electron chi connectivity index (χ3n) is 3.71. The Morgan fingerprint density at radius 3 is 2.42 bits per heavy atom. The van der Waals surface area contributed by atoms with Crippen LogP contribution in [0, 0.1) is 0 Å². The third-order valence-corrected chi connectivity index (χ3v) is 3.71. The molecule has 0 saturated heterocycles. The van der Waals surface area contributed by atoms with Crippen molar-refractivity contribution >= 4 is 5.97 Å². The molecule has 26 heavy (non-hydrogen) atoms. The van der Waals surface area contributed by atoms with Crippen LogP contribution in [0.15, 0.2) is 52.9 Å². The van der Waals surface area contributed by atoms with Crippen molar-refractivity contribution < 1.29 is 23.4 Å². The standard InChI is InChI=1S/C19H18N2O5/c1-12(17-20-21-18(26-17)13-7-5-4-6-8-13)25-19(22)14-9-10-15(23-2)16(11-14)24-3/h4-12H,1-3H3/t12-/m0/s1. The van der Waals surface area contributed by atoms with Gasteiger partial charge in [-0.1, -0.05) is 18.2 Å². The molecule has 134 valence electrons. The quantitative estimate of drug-likeness (QED) is 0.624. The van der Waals surface area contributed by atoms with E-state index in [4.69, 9.17) is 18.6 Å². The van der Waals surface area contributed by atoms with Gasteiger partial charge in [-0.05, 0) is 37.3 Å². The minimum atomic E-state index is -0.694. The summed E-state index contributed by atoms with van der Waals surface area (Å²) in [5.74, 6) is 1.03. The second kappa shape index (κ2) is 7.69. The van der Waals surface area contributed by atoms with Gasteiger partial charge in [-0.15, -0.1) is 10.2 Å². The van der Waals surface area contributed by atoms with Gasteiger partial charge in [0.25, 0.3) is 5.89 Å². The van der Waals surface area contributed by atoms with Crippen LogP contribution in [0.1, 0.15) is 29.3 Å². The molecule has 2 aromatic carbocycles. The van der Waals surface area contributed by atoms with Gasteiger partial charge in [0.05, 0.1) is 19.8 Å². The molecule has 0 aliphatic heterocycles. The number of aromatic nitrogens is 2. The number of hydrogen-bond donors (Lipinski definition) is 0. The van der Waals surface area contributed by atoms with Crippen molar-refractivity contribution in [2.45, 2.75) is 13.0 Å². The van der Waals surface area contributed by atoms with E-state index in [1.54, 1.807) is 25.1 Å². The highest BCUT2D eigenvalue weighted by Crippen LogP contribution is 2.29. The number of ether oxygens (including phenoxy) is 3. The number of rotatable bonds is 6. The van der Waals surface area contributed by atoms with Crippen LogP contribution in [0.3, 0.4) is 0 Å². The summed E-state index contributed by atoms with van der Waals surface area (Å²) < 4.78 is 21.4. The first kappa shape index (κ1) is 17.5. The molecule has 7 heteroatoms. The second-order valence-electron chi connectivity index (χ2n) is 5.43. The van der Waals surface area contributed by atoms with Gasteiger partial charge < -0.3 is 18.6 Å². The second-order valence-corrected chi connectivity index (χ2v) is 5.43. The Kier molecular flexibility index (Phi) is 5.17. The van der Waals surface area contributed by atoms with Crippen LogP contribution in [0.5, 0.6) is 11.5 Å². The molecule has 0 fully saturated rings. The van der Waals surface area contributed by atoms with Gasteiger partial charge in [0, 0.05) is 5.56 Å². The normalized spacial score (nSPS) is 11.7. The fourth-order valence-electron chi connectivity index (χ4n) is 2.34. The zero-order chi connectivity index (χ0) is 18.5. The van der Waals surface area contributed by atoms with Gasteiger partial charge in [0.1, 0.15) is 0 Å². The van der Waals surface area contributed by atoms with E-state index in [1.165, 1.54) is 14.2 Å². The molecule has 0 N–H and O–H groups in total. The van der Waals surface area contributed by atoms with Crippen molar-refractivity contribution in [1.29, 1.82) is 0 Å². The van der Waals surface area contributed by atoms with Gasteiger partial charge in [0.2, 0.25) is 5.89 Å². The van der Waals surface area contributed by atoms with Crippen molar-refractivity contribution in [3.8, 4) is 23.0 Å². The Balaban J connectivity index is 1.73. The number of esters is 1. The number of methoxy groups -OCH3 is 2. The van der Waals surface area contributed by atoms with Gasteiger partial charge >= 0.3 is 5.97 Å². The minimum Gasteiger partial charge on any atom is -0.493 e. The van der Waals surface area contributed by atoms with Crippen LogP contribution < -0.4 is 9.47 Å². The molecule has 3 rings (SSSR count). The van der Waals surface area contributed by atoms with E-state index in [0.29, 0.717) is 23.0 Å². The smallest absolute Gasteiger partial charge is 0.339 e. The van der Waals surface area contributed by atoms with E-state index in [1.807, 2.05) is 30.3 Å². The van der Waals surface area contributed by atoms with Gasteiger partial charge in [0.15, 0.2) is 17.6 Å². The van der Waals surface area contributed by atoms with Gasteiger partial charge in [-0.25, -0.2) is 4.79 Å². The lowest BCUT2D eigenvalue weighted by Crippen LogP contribution is -2.10. The molecule has 0 aliphatic carbocycles. The average molecular weight is 354 g/mol. The van der Waals surface area contributed by atoms with Crippen LogP contribution >= 0.6 is 0 Å². The molecular formula is C19H18N2O5. The third kappa shape index (κ3) is 3.66.